The summed E-state index contributed by atoms with van der Waals surface area (Å²) >= 11 is 0. The molecule has 108 valence electrons. The third kappa shape index (κ3) is 2.15. The lowest BCUT2D eigenvalue weighted by Crippen LogP contribution is -2.60. The van der Waals surface area contributed by atoms with E-state index in [9.17, 15) is 18.4 Å². The van der Waals surface area contributed by atoms with Crippen LogP contribution in [0.1, 0.15) is 25.3 Å². The first-order chi connectivity index (χ1) is 9.33. The number of benzene rings is 1. The largest absolute Gasteiger partial charge is 0.466 e. The monoisotopic (exact) mass is 283 g/mol. The molecule has 6 heteroatoms. The highest BCUT2D eigenvalue weighted by molar-refractivity contribution is 6.06. The minimum absolute atomic E-state index is 0.0886. The van der Waals surface area contributed by atoms with Crippen molar-refractivity contribution in [3.05, 3.63) is 35.6 Å². The number of nitrogens with one attached hydrogen (secondary N) is 1. The Morgan fingerprint density at radius 3 is 2.55 bits per heavy atom. The van der Waals surface area contributed by atoms with Crippen LogP contribution in [0.5, 0.6) is 0 Å². The van der Waals surface area contributed by atoms with Crippen molar-refractivity contribution >= 4 is 11.9 Å². The van der Waals surface area contributed by atoms with Crippen LogP contribution in [0.2, 0.25) is 0 Å². The van der Waals surface area contributed by atoms with Crippen LogP contribution in [-0.2, 0) is 19.9 Å². The molecule has 1 aliphatic rings. The van der Waals surface area contributed by atoms with Gasteiger partial charge in [-0.3, -0.25) is 4.79 Å². The first-order valence-corrected chi connectivity index (χ1v) is 6.18. The fraction of sp³-hybridized carbons (Fsp3) is 0.429. The number of halogens is 2. The van der Waals surface area contributed by atoms with E-state index in [1.807, 2.05) is 0 Å². The quantitative estimate of drug-likeness (QED) is 0.665. The molecule has 1 aromatic rings. The van der Waals surface area contributed by atoms with Crippen LogP contribution in [0.15, 0.2) is 24.3 Å². The van der Waals surface area contributed by atoms with Crippen LogP contribution in [-0.4, -0.2) is 24.7 Å². The second kappa shape index (κ2) is 4.85. The second-order valence-corrected chi connectivity index (χ2v) is 5.06. The standard InChI is InChI=1S/C14H15F2NO3/c1-13(9-5-3-4-6-10(9)15)7-8-14(16,11(18)17-13)12(19)20-2/h3-6H,7-8H2,1-2H3,(H,17,18)/t13-,14?/m0/s1. The second-order valence-electron chi connectivity index (χ2n) is 5.06. The molecule has 0 radical (unpaired) electrons. The van der Waals surface area contributed by atoms with E-state index in [2.05, 4.69) is 10.1 Å². The number of hydrogen-bond donors (Lipinski definition) is 1. The Labute approximate surface area is 115 Å². The van der Waals surface area contributed by atoms with Crippen molar-refractivity contribution in [3.63, 3.8) is 0 Å². The Morgan fingerprint density at radius 1 is 1.35 bits per heavy atom. The molecule has 0 aromatic heterocycles. The van der Waals surface area contributed by atoms with E-state index < -0.39 is 28.9 Å². The van der Waals surface area contributed by atoms with E-state index in [4.69, 9.17) is 0 Å². The van der Waals surface area contributed by atoms with E-state index in [1.165, 1.54) is 18.2 Å². The molecule has 1 saturated heterocycles. The van der Waals surface area contributed by atoms with Crippen molar-refractivity contribution in [3.8, 4) is 0 Å². The average Bonchev–Trinajstić information content (AvgIpc) is 2.43. The van der Waals surface area contributed by atoms with Crippen molar-refractivity contribution in [2.75, 3.05) is 7.11 Å². The summed E-state index contributed by atoms with van der Waals surface area (Å²) in [5, 5.41) is 2.40. The number of amides is 1. The molecule has 0 aliphatic carbocycles. The van der Waals surface area contributed by atoms with Gasteiger partial charge in [-0.2, -0.15) is 0 Å². The van der Waals surface area contributed by atoms with Gasteiger partial charge < -0.3 is 10.1 Å². The van der Waals surface area contributed by atoms with Crippen molar-refractivity contribution in [2.45, 2.75) is 31.0 Å². The maximum atomic E-state index is 14.3. The molecule has 4 nitrogen and oxygen atoms in total. The fourth-order valence-corrected chi connectivity index (χ4v) is 2.42. The zero-order valence-electron chi connectivity index (χ0n) is 11.2. The molecule has 0 saturated carbocycles. The van der Waals surface area contributed by atoms with E-state index >= 15 is 0 Å². The normalized spacial score (nSPS) is 29.7. The number of hydrogen-bond acceptors (Lipinski definition) is 3. The van der Waals surface area contributed by atoms with E-state index in [0.29, 0.717) is 0 Å². The molecule has 1 N–H and O–H groups in total. The zero-order valence-corrected chi connectivity index (χ0v) is 11.2. The number of carbonyl (C=O) groups is 2. The van der Waals surface area contributed by atoms with Gasteiger partial charge in [-0.25, -0.2) is 13.6 Å². The van der Waals surface area contributed by atoms with Gasteiger partial charge in [-0.05, 0) is 19.4 Å². The van der Waals surface area contributed by atoms with Gasteiger partial charge in [0.25, 0.3) is 11.6 Å². The maximum absolute atomic E-state index is 14.3. The van der Waals surface area contributed by atoms with Crippen molar-refractivity contribution in [2.24, 2.45) is 0 Å². The lowest BCUT2D eigenvalue weighted by molar-refractivity contribution is -0.165. The molecule has 0 bridgehead atoms. The van der Waals surface area contributed by atoms with Crippen molar-refractivity contribution in [1.29, 1.82) is 0 Å². The SMILES string of the molecule is COC(=O)C1(F)CC[C@@](C)(c2ccccc2F)NC1=O. The summed E-state index contributed by atoms with van der Waals surface area (Å²) in [5.74, 6) is -2.81. The molecule has 2 rings (SSSR count). The van der Waals surface area contributed by atoms with Crippen LogP contribution in [0.3, 0.4) is 0 Å². The zero-order chi connectivity index (χ0) is 15.0. The van der Waals surface area contributed by atoms with Crippen LogP contribution in [0.25, 0.3) is 0 Å². The summed E-state index contributed by atoms with van der Waals surface area (Å²) in [5.41, 5.74) is -3.49. The molecule has 20 heavy (non-hydrogen) atoms. The molecule has 1 unspecified atom stereocenters. The van der Waals surface area contributed by atoms with E-state index in [0.717, 1.165) is 7.11 Å². The molecule has 1 fully saturated rings. The Kier molecular flexibility index (Phi) is 3.50. The van der Waals surface area contributed by atoms with Gasteiger partial charge in [0.2, 0.25) is 0 Å². The number of piperidine rings is 1. The number of alkyl halides is 1. The summed E-state index contributed by atoms with van der Waals surface area (Å²) in [6, 6.07) is 5.96. The molecule has 0 spiro atoms. The highest BCUT2D eigenvalue weighted by Gasteiger charge is 2.54. The van der Waals surface area contributed by atoms with Gasteiger partial charge in [0.15, 0.2) is 0 Å². The molecular formula is C14H15F2NO3. The Hall–Kier alpha value is -1.98. The van der Waals surface area contributed by atoms with Crippen LogP contribution in [0, 0.1) is 5.82 Å². The van der Waals surface area contributed by atoms with Crippen molar-refractivity contribution in [1.82, 2.24) is 5.32 Å². The van der Waals surface area contributed by atoms with Crippen LogP contribution >= 0.6 is 0 Å². The minimum atomic E-state index is -2.71. The van der Waals surface area contributed by atoms with E-state index in [-0.39, 0.29) is 18.4 Å². The third-order valence-electron chi connectivity index (χ3n) is 3.70. The smallest absolute Gasteiger partial charge is 0.353 e. The highest BCUT2D eigenvalue weighted by Crippen LogP contribution is 2.37. The Balaban J connectivity index is 2.31. The molecule has 1 aromatic carbocycles. The summed E-state index contributed by atoms with van der Waals surface area (Å²) in [6.07, 6.45) is -0.262. The number of ether oxygens (including phenoxy) is 1. The van der Waals surface area contributed by atoms with Gasteiger partial charge in [-0.1, -0.05) is 18.2 Å². The molecule has 1 amide bonds. The lowest BCUT2D eigenvalue weighted by Gasteiger charge is -2.40. The maximum Gasteiger partial charge on any atom is 0.353 e. The Morgan fingerprint density at radius 2 is 2.00 bits per heavy atom. The van der Waals surface area contributed by atoms with Gasteiger partial charge in [0.1, 0.15) is 5.82 Å². The predicted octanol–water partition coefficient (Wildman–Crippen LogP) is 1.83. The van der Waals surface area contributed by atoms with E-state index in [1.54, 1.807) is 13.0 Å². The first-order valence-electron chi connectivity index (χ1n) is 6.18. The molecule has 1 heterocycles. The number of methoxy groups -OCH3 is 1. The molecule has 1 aliphatic heterocycles. The third-order valence-corrected chi connectivity index (χ3v) is 3.70. The van der Waals surface area contributed by atoms with Crippen LogP contribution in [0.4, 0.5) is 8.78 Å². The van der Waals surface area contributed by atoms with Gasteiger partial charge in [-0.15, -0.1) is 0 Å². The first kappa shape index (κ1) is 14.4. The lowest BCUT2D eigenvalue weighted by atomic mass is 9.79. The summed E-state index contributed by atoms with van der Waals surface area (Å²) in [4.78, 5) is 23.3. The summed E-state index contributed by atoms with van der Waals surface area (Å²) in [7, 11) is 1.02. The number of carbonyl (C=O) groups excluding carboxylic acids is 2. The van der Waals surface area contributed by atoms with Gasteiger partial charge in [0, 0.05) is 12.0 Å². The van der Waals surface area contributed by atoms with Crippen LogP contribution < -0.4 is 5.32 Å². The number of esters is 1. The number of rotatable bonds is 2. The summed E-state index contributed by atoms with van der Waals surface area (Å²) < 4.78 is 32.5. The predicted molar refractivity (Wildman–Crippen MR) is 67.0 cm³/mol. The van der Waals surface area contributed by atoms with Crippen molar-refractivity contribution < 1.29 is 23.1 Å². The average molecular weight is 283 g/mol. The van der Waals surface area contributed by atoms with Gasteiger partial charge in [0.05, 0.1) is 12.6 Å². The topological polar surface area (TPSA) is 55.4 Å². The minimum Gasteiger partial charge on any atom is -0.466 e. The highest BCUT2D eigenvalue weighted by atomic mass is 19.1. The van der Waals surface area contributed by atoms with Gasteiger partial charge >= 0.3 is 5.97 Å². The Bertz CT molecular complexity index is 563. The summed E-state index contributed by atoms with van der Waals surface area (Å²) in [6.45, 7) is 1.60. The molecular weight excluding hydrogens is 268 g/mol. The molecule has 2 atom stereocenters. The fourth-order valence-electron chi connectivity index (χ4n) is 2.42.